The molecule has 22 heavy (non-hydrogen) atoms. The number of piperidine rings is 1. The topological polar surface area (TPSA) is 38.8 Å². The fourth-order valence-electron chi connectivity index (χ4n) is 2.66. The van der Waals surface area contributed by atoms with Crippen molar-refractivity contribution in [2.45, 2.75) is 32.3 Å². The van der Waals surface area contributed by atoms with E-state index in [1.807, 2.05) is 31.2 Å². The summed E-state index contributed by atoms with van der Waals surface area (Å²) < 4.78 is 10.5. The number of ether oxygens (including phenoxy) is 2. The number of hydrogen-bond donors (Lipinski definition) is 0. The van der Waals surface area contributed by atoms with Crippen LogP contribution in [-0.2, 0) is 9.53 Å². The first-order chi connectivity index (χ1) is 10.7. The highest BCUT2D eigenvalue weighted by Crippen LogP contribution is 2.13. The number of carbonyl (C=O) groups is 1. The molecule has 0 aromatic heterocycles. The lowest BCUT2D eigenvalue weighted by molar-refractivity contribution is -0.143. The molecule has 120 valence electrons. The molecule has 1 aliphatic rings. The standard InChI is InChI=1S/C18H25NO3/c1-15(14-19-12-4-3-5-13-19)22-18(20)11-8-16-6-9-17(21-2)10-7-16/h6-11,15H,3-5,12-14H2,1-2H3/b11-8+/t15-/m0/s1. The molecule has 0 amide bonds. The van der Waals surface area contributed by atoms with Crippen LogP contribution in [0.5, 0.6) is 5.75 Å². The zero-order valence-electron chi connectivity index (χ0n) is 13.5. The van der Waals surface area contributed by atoms with Crippen LogP contribution in [0.25, 0.3) is 6.08 Å². The van der Waals surface area contributed by atoms with Crippen LogP contribution in [-0.4, -0.2) is 43.7 Å². The van der Waals surface area contributed by atoms with Gasteiger partial charge in [0.05, 0.1) is 7.11 Å². The van der Waals surface area contributed by atoms with Gasteiger partial charge in [-0.1, -0.05) is 18.6 Å². The van der Waals surface area contributed by atoms with Crippen molar-refractivity contribution in [2.24, 2.45) is 0 Å². The highest BCUT2D eigenvalue weighted by molar-refractivity contribution is 5.87. The average Bonchev–Trinajstić information content (AvgIpc) is 2.54. The Kier molecular flexibility index (Phi) is 6.46. The van der Waals surface area contributed by atoms with Crippen molar-refractivity contribution in [2.75, 3.05) is 26.7 Å². The number of benzene rings is 1. The van der Waals surface area contributed by atoms with Gasteiger partial charge < -0.3 is 9.47 Å². The maximum absolute atomic E-state index is 11.8. The van der Waals surface area contributed by atoms with E-state index in [9.17, 15) is 4.79 Å². The second-order valence-corrected chi connectivity index (χ2v) is 5.72. The first-order valence-corrected chi connectivity index (χ1v) is 7.92. The van der Waals surface area contributed by atoms with Gasteiger partial charge in [0, 0.05) is 12.6 Å². The Bertz CT molecular complexity index is 490. The van der Waals surface area contributed by atoms with E-state index in [4.69, 9.17) is 9.47 Å². The van der Waals surface area contributed by atoms with Gasteiger partial charge in [0.25, 0.3) is 0 Å². The largest absolute Gasteiger partial charge is 0.497 e. The van der Waals surface area contributed by atoms with Crippen LogP contribution in [0.15, 0.2) is 30.3 Å². The molecular weight excluding hydrogens is 278 g/mol. The summed E-state index contributed by atoms with van der Waals surface area (Å²) in [5.74, 6) is 0.509. The van der Waals surface area contributed by atoms with Gasteiger partial charge >= 0.3 is 5.97 Å². The van der Waals surface area contributed by atoms with Crippen molar-refractivity contribution in [3.8, 4) is 5.75 Å². The molecule has 4 nitrogen and oxygen atoms in total. The maximum Gasteiger partial charge on any atom is 0.331 e. The van der Waals surface area contributed by atoms with Gasteiger partial charge in [-0.25, -0.2) is 4.79 Å². The maximum atomic E-state index is 11.8. The Labute approximate surface area is 132 Å². The van der Waals surface area contributed by atoms with Crippen LogP contribution in [0.4, 0.5) is 0 Å². The number of esters is 1. The molecule has 1 aliphatic heterocycles. The Morgan fingerprint density at radius 3 is 2.55 bits per heavy atom. The highest BCUT2D eigenvalue weighted by Gasteiger charge is 2.15. The van der Waals surface area contributed by atoms with Crippen LogP contribution in [0.1, 0.15) is 31.7 Å². The summed E-state index contributed by atoms with van der Waals surface area (Å²) in [5, 5.41) is 0. The summed E-state index contributed by atoms with van der Waals surface area (Å²) >= 11 is 0. The van der Waals surface area contributed by atoms with Crippen molar-refractivity contribution < 1.29 is 14.3 Å². The molecule has 1 heterocycles. The summed E-state index contributed by atoms with van der Waals surface area (Å²) in [6.45, 7) is 5.00. The third-order valence-electron chi connectivity index (χ3n) is 3.81. The third kappa shape index (κ3) is 5.53. The molecule has 4 heteroatoms. The Morgan fingerprint density at radius 2 is 1.91 bits per heavy atom. The van der Waals surface area contributed by atoms with Gasteiger partial charge in [0.15, 0.2) is 0 Å². The molecule has 0 N–H and O–H groups in total. The van der Waals surface area contributed by atoms with Gasteiger partial charge in [-0.3, -0.25) is 4.90 Å². The Hall–Kier alpha value is -1.81. The first-order valence-electron chi connectivity index (χ1n) is 7.92. The van der Waals surface area contributed by atoms with Crippen molar-refractivity contribution >= 4 is 12.0 Å². The van der Waals surface area contributed by atoms with Gasteiger partial charge in [0.1, 0.15) is 11.9 Å². The van der Waals surface area contributed by atoms with Crippen molar-refractivity contribution in [1.29, 1.82) is 0 Å². The fourth-order valence-corrected chi connectivity index (χ4v) is 2.66. The molecule has 0 saturated carbocycles. The van der Waals surface area contributed by atoms with Gasteiger partial charge in [0.2, 0.25) is 0 Å². The van der Waals surface area contributed by atoms with E-state index >= 15 is 0 Å². The van der Waals surface area contributed by atoms with E-state index in [0.29, 0.717) is 0 Å². The van der Waals surface area contributed by atoms with Crippen LogP contribution >= 0.6 is 0 Å². The van der Waals surface area contributed by atoms with Crippen LogP contribution in [0, 0.1) is 0 Å². The second-order valence-electron chi connectivity index (χ2n) is 5.72. The molecule has 0 aliphatic carbocycles. The molecule has 1 atom stereocenters. The van der Waals surface area contributed by atoms with E-state index < -0.39 is 0 Å². The van der Waals surface area contributed by atoms with Crippen LogP contribution < -0.4 is 4.74 Å². The normalized spacial score (nSPS) is 17.4. The van der Waals surface area contributed by atoms with E-state index in [1.54, 1.807) is 13.2 Å². The van der Waals surface area contributed by atoms with E-state index in [2.05, 4.69) is 4.90 Å². The number of hydrogen-bond acceptors (Lipinski definition) is 4. The number of methoxy groups -OCH3 is 1. The zero-order valence-corrected chi connectivity index (χ0v) is 13.5. The number of rotatable bonds is 6. The molecule has 1 aromatic carbocycles. The molecule has 0 unspecified atom stereocenters. The predicted octanol–water partition coefficient (Wildman–Crippen LogP) is 3.13. The second kappa shape index (κ2) is 8.59. The number of likely N-dealkylation sites (tertiary alicyclic amines) is 1. The minimum atomic E-state index is -0.291. The molecule has 0 bridgehead atoms. The third-order valence-corrected chi connectivity index (χ3v) is 3.81. The van der Waals surface area contributed by atoms with Crippen LogP contribution in [0.2, 0.25) is 0 Å². The highest BCUT2D eigenvalue weighted by atomic mass is 16.5. The SMILES string of the molecule is COc1ccc(/C=C/C(=O)O[C@@H](C)CN2CCCCC2)cc1. The minimum absolute atomic E-state index is 0.0777. The molecule has 1 fully saturated rings. The first kappa shape index (κ1) is 16.6. The molecule has 0 radical (unpaired) electrons. The van der Waals surface area contributed by atoms with E-state index in [1.165, 1.54) is 25.3 Å². The van der Waals surface area contributed by atoms with Gasteiger partial charge in [-0.05, 0) is 56.6 Å². The van der Waals surface area contributed by atoms with Crippen molar-refractivity contribution in [1.82, 2.24) is 4.90 Å². The summed E-state index contributed by atoms with van der Waals surface area (Å²) in [5.41, 5.74) is 0.946. The summed E-state index contributed by atoms with van der Waals surface area (Å²) in [6.07, 6.45) is 6.97. The number of carbonyl (C=O) groups excluding carboxylic acids is 1. The van der Waals surface area contributed by atoms with Crippen molar-refractivity contribution in [3.05, 3.63) is 35.9 Å². The zero-order chi connectivity index (χ0) is 15.8. The lowest BCUT2D eigenvalue weighted by Gasteiger charge is -2.28. The molecular formula is C18H25NO3. The lowest BCUT2D eigenvalue weighted by atomic mass is 10.1. The Balaban J connectivity index is 1.76. The summed E-state index contributed by atoms with van der Waals surface area (Å²) in [7, 11) is 1.63. The monoisotopic (exact) mass is 303 g/mol. The summed E-state index contributed by atoms with van der Waals surface area (Å²) in [6, 6.07) is 7.54. The Morgan fingerprint density at radius 1 is 1.23 bits per heavy atom. The predicted molar refractivity (Wildman–Crippen MR) is 87.9 cm³/mol. The molecule has 1 aromatic rings. The smallest absolute Gasteiger partial charge is 0.331 e. The molecule has 1 saturated heterocycles. The van der Waals surface area contributed by atoms with E-state index in [-0.39, 0.29) is 12.1 Å². The van der Waals surface area contributed by atoms with Crippen molar-refractivity contribution in [3.63, 3.8) is 0 Å². The van der Waals surface area contributed by atoms with Gasteiger partial charge in [-0.2, -0.15) is 0 Å². The molecule has 2 rings (SSSR count). The number of nitrogens with zero attached hydrogens (tertiary/aromatic N) is 1. The molecule has 0 spiro atoms. The average molecular weight is 303 g/mol. The quantitative estimate of drug-likeness (QED) is 0.598. The van der Waals surface area contributed by atoms with Gasteiger partial charge in [-0.15, -0.1) is 0 Å². The summed E-state index contributed by atoms with van der Waals surface area (Å²) in [4.78, 5) is 14.2. The van der Waals surface area contributed by atoms with E-state index in [0.717, 1.165) is 30.9 Å². The lowest BCUT2D eigenvalue weighted by Crippen LogP contribution is -2.36. The minimum Gasteiger partial charge on any atom is -0.497 e. The fraction of sp³-hybridized carbons (Fsp3) is 0.500. The van der Waals surface area contributed by atoms with Crippen LogP contribution in [0.3, 0.4) is 0 Å².